The van der Waals surface area contributed by atoms with Crippen LogP contribution in [0.4, 0.5) is 5.69 Å². The summed E-state index contributed by atoms with van der Waals surface area (Å²) in [4.78, 5) is 2.57. The number of aryl methyl sites for hydroxylation is 2. The van der Waals surface area contributed by atoms with Gasteiger partial charge in [-0.3, -0.25) is 8.99 Å². The molecule has 0 amide bonds. The summed E-state index contributed by atoms with van der Waals surface area (Å²) in [5.74, 6) is 0.227. The maximum absolute atomic E-state index is 13.4. The number of hydrogen-bond donors (Lipinski definition) is 0. The Balaban J connectivity index is 1.83. The highest BCUT2D eigenvalue weighted by Gasteiger charge is 2.46. The van der Waals surface area contributed by atoms with E-state index in [2.05, 4.69) is 30.0 Å². The molecule has 134 valence electrons. The van der Waals surface area contributed by atoms with Crippen LogP contribution >= 0.6 is 0 Å². The van der Waals surface area contributed by atoms with Crippen LogP contribution in [0.15, 0.2) is 35.5 Å². The van der Waals surface area contributed by atoms with Crippen molar-refractivity contribution in [1.29, 1.82) is 0 Å². The number of piperidine rings is 1. The maximum atomic E-state index is 13.4. The van der Waals surface area contributed by atoms with Gasteiger partial charge in [-0.2, -0.15) is 5.10 Å². The zero-order valence-corrected chi connectivity index (χ0v) is 15.7. The highest BCUT2D eigenvalue weighted by Crippen LogP contribution is 2.47. The van der Waals surface area contributed by atoms with Gasteiger partial charge in [0.2, 0.25) is 0 Å². The predicted molar refractivity (Wildman–Crippen MR) is 97.4 cm³/mol. The van der Waals surface area contributed by atoms with E-state index >= 15 is 0 Å². The minimum absolute atomic E-state index is 0.0111. The molecule has 4 rings (SSSR count). The molecule has 0 saturated carbocycles. The van der Waals surface area contributed by atoms with Crippen molar-refractivity contribution in [3.8, 4) is 0 Å². The molecule has 1 aromatic carbocycles. The largest absolute Gasteiger partial charge is 0.306 e. The Kier molecular flexibility index (Phi) is 3.88. The smallest absolute Gasteiger partial charge is 0.267 e. The summed E-state index contributed by atoms with van der Waals surface area (Å²) in [6.45, 7) is 6.46. The number of benzene rings is 1. The van der Waals surface area contributed by atoms with Crippen molar-refractivity contribution in [1.82, 2.24) is 14.7 Å². The van der Waals surface area contributed by atoms with E-state index in [0.717, 1.165) is 30.8 Å². The molecule has 2 aliphatic heterocycles. The summed E-state index contributed by atoms with van der Waals surface area (Å²) in [5.41, 5.74) is 3.16. The summed E-state index contributed by atoms with van der Waals surface area (Å²) < 4.78 is 30.1. The topological polar surface area (TPSA) is 58.4 Å². The van der Waals surface area contributed by atoms with E-state index in [0.29, 0.717) is 6.54 Å². The van der Waals surface area contributed by atoms with E-state index in [1.807, 2.05) is 19.1 Å². The summed E-state index contributed by atoms with van der Waals surface area (Å²) in [5, 5.41) is 4.16. The third-order valence-corrected chi connectivity index (χ3v) is 7.18. The van der Waals surface area contributed by atoms with Crippen molar-refractivity contribution in [2.75, 3.05) is 24.4 Å². The number of likely N-dealkylation sites (N-methyl/N-ethyl adjacent to an activating group) is 1. The molecule has 0 bridgehead atoms. The van der Waals surface area contributed by atoms with E-state index in [1.165, 1.54) is 11.8 Å². The lowest BCUT2D eigenvalue weighted by Gasteiger charge is -2.36. The molecule has 0 unspecified atom stereocenters. The molecule has 7 heteroatoms. The number of fused-ring (bicyclic) bond motifs is 3. The van der Waals surface area contributed by atoms with Gasteiger partial charge in [0.15, 0.2) is 0 Å². The standard InChI is InChI=1S/C18H24N4O2S/c1-4-21-11-14(10-19-21)25(23,24)22-17-6-5-13(2)9-15(17)16-12-20(3)8-7-18(16)22/h5-6,9-11,16,18H,4,7-8,12H2,1-3H3/t16-,18-/m1/s1. The van der Waals surface area contributed by atoms with Crippen LogP contribution in [0.3, 0.4) is 0 Å². The predicted octanol–water partition coefficient (Wildman–Crippen LogP) is 2.21. The first-order valence-corrected chi connectivity index (χ1v) is 10.2. The molecule has 1 fully saturated rings. The van der Waals surface area contributed by atoms with E-state index in [-0.39, 0.29) is 16.9 Å². The molecule has 0 aliphatic carbocycles. The molecule has 2 aromatic rings. The molecule has 1 saturated heterocycles. The molecule has 2 atom stereocenters. The Morgan fingerprint density at radius 3 is 2.84 bits per heavy atom. The molecule has 1 aromatic heterocycles. The Hall–Kier alpha value is -1.86. The Labute approximate surface area is 149 Å². The van der Waals surface area contributed by atoms with Gasteiger partial charge >= 0.3 is 0 Å². The van der Waals surface area contributed by atoms with Gasteiger partial charge in [0, 0.05) is 25.2 Å². The van der Waals surface area contributed by atoms with E-state index in [4.69, 9.17) is 0 Å². The average Bonchev–Trinajstić information content (AvgIpc) is 3.18. The summed E-state index contributed by atoms with van der Waals surface area (Å²) in [6.07, 6.45) is 3.94. The second-order valence-corrected chi connectivity index (χ2v) is 8.93. The normalized spacial score (nSPS) is 23.6. The number of rotatable bonds is 3. The van der Waals surface area contributed by atoms with Gasteiger partial charge in [-0.1, -0.05) is 17.7 Å². The van der Waals surface area contributed by atoms with Gasteiger partial charge < -0.3 is 4.90 Å². The second-order valence-electron chi connectivity index (χ2n) is 7.12. The van der Waals surface area contributed by atoms with Crippen molar-refractivity contribution < 1.29 is 8.42 Å². The summed E-state index contributed by atoms with van der Waals surface area (Å²) in [6, 6.07) is 6.10. The van der Waals surface area contributed by atoms with Crippen LogP contribution in [0.5, 0.6) is 0 Å². The first kappa shape index (κ1) is 16.6. The van der Waals surface area contributed by atoms with Gasteiger partial charge in [0.05, 0.1) is 17.9 Å². The molecular weight excluding hydrogens is 336 g/mol. The molecule has 0 spiro atoms. The third kappa shape index (κ3) is 2.57. The van der Waals surface area contributed by atoms with Gasteiger partial charge in [-0.25, -0.2) is 8.42 Å². The number of anilines is 1. The zero-order chi connectivity index (χ0) is 17.8. The fraction of sp³-hybridized carbons (Fsp3) is 0.500. The minimum atomic E-state index is -3.61. The highest BCUT2D eigenvalue weighted by molar-refractivity contribution is 7.92. The Morgan fingerprint density at radius 2 is 2.12 bits per heavy atom. The number of hydrogen-bond acceptors (Lipinski definition) is 4. The average molecular weight is 360 g/mol. The van der Waals surface area contributed by atoms with Crippen LogP contribution < -0.4 is 4.31 Å². The summed E-state index contributed by atoms with van der Waals surface area (Å²) in [7, 11) is -1.51. The van der Waals surface area contributed by atoms with Crippen LogP contribution in [0.25, 0.3) is 0 Å². The number of likely N-dealkylation sites (tertiary alicyclic amines) is 1. The van der Waals surface area contributed by atoms with Crippen molar-refractivity contribution in [3.63, 3.8) is 0 Å². The molecule has 25 heavy (non-hydrogen) atoms. The first-order chi connectivity index (χ1) is 11.9. The lowest BCUT2D eigenvalue weighted by Crippen LogP contribution is -2.47. The van der Waals surface area contributed by atoms with Crippen LogP contribution in [0.2, 0.25) is 0 Å². The van der Waals surface area contributed by atoms with Gasteiger partial charge in [-0.15, -0.1) is 0 Å². The molecule has 0 N–H and O–H groups in total. The molecule has 3 heterocycles. The second kappa shape index (κ2) is 5.85. The summed E-state index contributed by atoms with van der Waals surface area (Å²) >= 11 is 0. The molecule has 0 radical (unpaired) electrons. The minimum Gasteiger partial charge on any atom is -0.306 e. The zero-order valence-electron chi connectivity index (χ0n) is 14.9. The fourth-order valence-corrected chi connectivity index (χ4v) is 5.81. The molecule has 6 nitrogen and oxygen atoms in total. The van der Waals surface area contributed by atoms with Crippen molar-refractivity contribution >= 4 is 15.7 Å². The number of sulfonamides is 1. The van der Waals surface area contributed by atoms with Gasteiger partial charge in [-0.05, 0) is 45.5 Å². The maximum Gasteiger partial charge on any atom is 0.267 e. The lowest BCUT2D eigenvalue weighted by molar-refractivity contribution is 0.237. The van der Waals surface area contributed by atoms with E-state index in [9.17, 15) is 8.42 Å². The first-order valence-electron chi connectivity index (χ1n) is 8.78. The molecule has 2 aliphatic rings. The lowest BCUT2D eigenvalue weighted by atomic mass is 9.89. The number of nitrogens with zero attached hydrogens (tertiary/aromatic N) is 4. The van der Waals surface area contributed by atoms with Crippen molar-refractivity contribution in [2.45, 2.75) is 43.7 Å². The molecular formula is C18H24N4O2S. The Morgan fingerprint density at radius 1 is 1.32 bits per heavy atom. The van der Waals surface area contributed by atoms with Crippen LogP contribution in [-0.2, 0) is 16.6 Å². The van der Waals surface area contributed by atoms with Gasteiger partial charge in [0.25, 0.3) is 10.0 Å². The quantitative estimate of drug-likeness (QED) is 0.842. The van der Waals surface area contributed by atoms with Crippen molar-refractivity contribution in [2.24, 2.45) is 0 Å². The monoisotopic (exact) mass is 360 g/mol. The van der Waals surface area contributed by atoms with Gasteiger partial charge in [0.1, 0.15) is 4.90 Å². The highest BCUT2D eigenvalue weighted by atomic mass is 32.2. The van der Waals surface area contributed by atoms with Crippen LogP contribution in [0, 0.1) is 6.92 Å². The Bertz CT molecular complexity index is 906. The third-order valence-electron chi connectivity index (χ3n) is 5.39. The van der Waals surface area contributed by atoms with Crippen LogP contribution in [-0.4, -0.2) is 49.3 Å². The SMILES string of the molecule is CCn1cc(S(=O)(=O)N2c3ccc(C)cc3[C@H]3CN(C)CC[C@H]32)cn1. The number of aromatic nitrogens is 2. The van der Waals surface area contributed by atoms with E-state index < -0.39 is 10.0 Å². The van der Waals surface area contributed by atoms with Crippen LogP contribution in [0.1, 0.15) is 30.4 Å². The fourth-order valence-electron chi connectivity index (χ4n) is 4.11. The van der Waals surface area contributed by atoms with E-state index in [1.54, 1.807) is 15.2 Å². The van der Waals surface area contributed by atoms with Crippen molar-refractivity contribution in [3.05, 3.63) is 41.7 Å².